The molecule has 0 bridgehead atoms. The molecule has 1 fully saturated rings. The second kappa shape index (κ2) is 5.22. The van der Waals surface area contributed by atoms with E-state index >= 15 is 0 Å². The number of rotatable bonds is 5. The number of nitrogens with two attached hydrogens (primary N) is 1. The molecule has 3 rings (SSSR count). The summed E-state index contributed by atoms with van der Waals surface area (Å²) in [6.07, 6.45) is 0. The van der Waals surface area contributed by atoms with E-state index in [1.165, 1.54) is 0 Å². The Morgan fingerprint density at radius 3 is 2.90 bits per heavy atom. The normalized spacial score (nSPS) is 16.7. The Balaban J connectivity index is 1.72. The number of aromatic nitrogens is 2. The molecule has 1 aromatic carbocycles. The maximum absolute atomic E-state index is 5.82. The molecule has 2 heterocycles. The minimum Gasteiger partial charge on any atom is -0.493 e. The summed E-state index contributed by atoms with van der Waals surface area (Å²) in [5, 5.41) is 3.89. The standard InChI is InChI=1S/C14H17N3O3/c1-14(7-18-8-14)9-19-11-4-2-3-10(5-11)13-16-12(6-15)20-17-13/h2-5H,6-9,15H2,1H3. The highest BCUT2D eigenvalue weighted by atomic mass is 16.5. The number of benzene rings is 1. The third-order valence-electron chi connectivity index (χ3n) is 3.22. The zero-order valence-electron chi connectivity index (χ0n) is 11.3. The third-order valence-corrected chi connectivity index (χ3v) is 3.22. The highest BCUT2D eigenvalue weighted by Gasteiger charge is 2.34. The maximum Gasteiger partial charge on any atom is 0.240 e. The van der Waals surface area contributed by atoms with Gasteiger partial charge in [0, 0.05) is 11.0 Å². The van der Waals surface area contributed by atoms with Crippen molar-refractivity contribution in [3.05, 3.63) is 30.2 Å². The van der Waals surface area contributed by atoms with Crippen LogP contribution < -0.4 is 10.5 Å². The summed E-state index contributed by atoms with van der Waals surface area (Å²) in [5.74, 6) is 1.73. The van der Waals surface area contributed by atoms with Gasteiger partial charge in [-0.05, 0) is 12.1 Å². The SMILES string of the molecule is CC1(COc2cccc(-c3noc(CN)n3)c2)COC1. The monoisotopic (exact) mass is 275 g/mol. The van der Waals surface area contributed by atoms with Gasteiger partial charge in [-0.1, -0.05) is 24.2 Å². The van der Waals surface area contributed by atoms with Crippen molar-refractivity contribution in [3.8, 4) is 17.1 Å². The molecule has 0 aliphatic carbocycles. The van der Waals surface area contributed by atoms with Crippen LogP contribution in [0, 0.1) is 5.41 Å². The van der Waals surface area contributed by atoms with E-state index in [4.69, 9.17) is 19.7 Å². The highest BCUT2D eigenvalue weighted by Crippen LogP contribution is 2.28. The average Bonchev–Trinajstić information content (AvgIpc) is 2.92. The average molecular weight is 275 g/mol. The Bertz CT molecular complexity index is 593. The van der Waals surface area contributed by atoms with Crippen LogP contribution >= 0.6 is 0 Å². The summed E-state index contributed by atoms with van der Waals surface area (Å²) in [7, 11) is 0. The molecular formula is C14H17N3O3. The van der Waals surface area contributed by atoms with Crippen LogP contribution in [0.2, 0.25) is 0 Å². The van der Waals surface area contributed by atoms with Gasteiger partial charge < -0.3 is 19.7 Å². The predicted octanol–water partition coefficient (Wildman–Crippen LogP) is 1.61. The summed E-state index contributed by atoms with van der Waals surface area (Å²) in [4.78, 5) is 4.20. The molecule has 106 valence electrons. The fourth-order valence-electron chi connectivity index (χ4n) is 1.97. The Hall–Kier alpha value is -1.92. The first-order chi connectivity index (χ1) is 9.68. The molecule has 1 aliphatic heterocycles. The van der Waals surface area contributed by atoms with Crippen LogP contribution in [0.1, 0.15) is 12.8 Å². The van der Waals surface area contributed by atoms with Gasteiger partial charge in [-0.3, -0.25) is 0 Å². The predicted molar refractivity (Wildman–Crippen MR) is 72.0 cm³/mol. The number of hydrogen-bond donors (Lipinski definition) is 1. The van der Waals surface area contributed by atoms with Crippen molar-refractivity contribution in [1.29, 1.82) is 0 Å². The van der Waals surface area contributed by atoms with Crippen molar-refractivity contribution in [2.45, 2.75) is 13.5 Å². The summed E-state index contributed by atoms with van der Waals surface area (Å²) >= 11 is 0. The second-order valence-electron chi connectivity index (χ2n) is 5.34. The first kappa shape index (κ1) is 13.1. The van der Waals surface area contributed by atoms with Crippen molar-refractivity contribution in [1.82, 2.24) is 10.1 Å². The van der Waals surface area contributed by atoms with Gasteiger partial charge in [0.05, 0.1) is 26.4 Å². The Kier molecular flexibility index (Phi) is 3.42. The van der Waals surface area contributed by atoms with Crippen molar-refractivity contribution >= 4 is 0 Å². The van der Waals surface area contributed by atoms with Gasteiger partial charge in [0.2, 0.25) is 11.7 Å². The van der Waals surface area contributed by atoms with Crippen LogP contribution in [0.5, 0.6) is 5.75 Å². The molecule has 6 heteroatoms. The van der Waals surface area contributed by atoms with E-state index in [-0.39, 0.29) is 12.0 Å². The van der Waals surface area contributed by atoms with Gasteiger partial charge in [-0.2, -0.15) is 4.98 Å². The Morgan fingerprint density at radius 1 is 1.40 bits per heavy atom. The van der Waals surface area contributed by atoms with Gasteiger partial charge in [0.1, 0.15) is 5.75 Å². The number of ether oxygens (including phenoxy) is 2. The minimum absolute atomic E-state index is 0.120. The molecule has 6 nitrogen and oxygen atoms in total. The van der Waals surface area contributed by atoms with E-state index < -0.39 is 0 Å². The highest BCUT2D eigenvalue weighted by molar-refractivity contribution is 5.56. The van der Waals surface area contributed by atoms with Crippen LogP contribution in [0.15, 0.2) is 28.8 Å². The van der Waals surface area contributed by atoms with Crippen LogP contribution in [-0.2, 0) is 11.3 Å². The van der Waals surface area contributed by atoms with Crippen LogP contribution in [0.25, 0.3) is 11.4 Å². The Morgan fingerprint density at radius 2 is 2.25 bits per heavy atom. The lowest BCUT2D eigenvalue weighted by Gasteiger charge is -2.37. The van der Waals surface area contributed by atoms with E-state index in [2.05, 4.69) is 17.1 Å². The van der Waals surface area contributed by atoms with E-state index in [1.807, 2.05) is 24.3 Å². The lowest BCUT2D eigenvalue weighted by molar-refractivity contribution is -0.120. The molecule has 1 aromatic heterocycles. The van der Waals surface area contributed by atoms with Crippen LogP contribution in [-0.4, -0.2) is 30.0 Å². The van der Waals surface area contributed by atoms with Crippen LogP contribution in [0.3, 0.4) is 0 Å². The van der Waals surface area contributed by atoms with Crippen molar-refractivity contribution in [3.63, 3.8) is 0 Å². The molecule has 2 N–H and O–H groups in total. The fourth-order valence-corrected chi connectivity index (χ4v) is 1.97. The van der Waals surface area contributed by atoms with E-state index in [0.717, 1.165) is 24.5 Å². The minimum atomic E-state index is 0.120. The molecule has 0 saturated carbocycles. The molecule has 1 saturated heterocycles. The van der Waals surface area contributed by atoms with E-state index in [9.17, 15) is 0 Å². The van der Waals surface area contributed by atoms with Crippen LogP contribution in [0.4, 0.5) is 0 Å². The van der Waals surface area contributed by atoms with Crippen molar-refractivity contribution < 1.29 is 14.0 Å². The molecule has 20 heavy (non-hydrogen) atoms. The Labute approximate surface area is 116 Å². The number of hydrogen-bond acceptors (Lipinski definition) is 6. The molecule has 0 amide bonds. The van der Waals surface area contributed by atoms with Crippen molar-refractivity contribution in [2.24, 2.45) is 11.1 Å². The molecule has 0 radical (unpaired) electrons. The summed E-state index contributed by atoms with van der Waals surface area (Å²) in [6.45, 7) is 4.51. The van der Waals surface area contributed by atoms with Gasteiger partial charge in [0.15, 0.2) is 0 Å². The molecule has 1 aliphatic rings. The lowest BCUT2D eigenvalue weighted by Crippen LogP contribution is -2.44. The smallest absolute Gasteiger partial charge is 0.240 e. The molecule has 0 spiro atoms. The fraction of sp³-hybridized carbons (Fsp3) is 0.429. The van der Waals surface area contributed by atoms with Gasteiger partial charge in [-0.15, -0.1) is 0 Å². The molecule has 2 aromatic rings. The summed E-state index contributed by atoms with van der Waals surface area (Å²) in [6, 6.07) is 7.62. The quantitative estimate of drug-likeness (QED) is 0.892. The first-order valence-electron chi connectivity index (χ1n) is 6.52. The third kappa shape index (κ3) is 2.66. The lowest BCUT2D eigenvalue weighted by atomic mass is 9.90. The number of nitrogens with zero attached hydrogens (tertiary/aromatic N) is 2. The summed E-state index contributed by atoms with van der Waals surface area (Å²) in [5.41, 5.74) is 6.42. The maximum atomic E-state index is 5.82. The zero-order valence-corrected chi connectivity index (χ0v) is 11.3. The van der Waals surface area contributed by atoms with Gasteiger partial charge in [0.25, 0.3) is 0 Å². The van der Waals surface area contributed by atoms with Crippen molar-refractivity contribution in [2.75, 3.05) is 19.8 Å². The summed E-state index contributed by atoms with van der Waals surface area (Å²) < 4.78 is 16.0. The topological polar surface area (TPSA) is 83.4 Å². The zero-order chi connectivity index (χ0) is 14.0. The second-order valence-corrected chi connectivity index (χ2v) is 5.34. The molecule has 0 unspecified atom stereocenters. The largest absolute Gasteiger partial charge is 0.493 e. The van der Waals surface area contributed by atoms with Gasteiger partial charge in [-0.25, -0.2) is 0 Å². The van der Waals surface area contributed by atoms with Gasteiger partial charge >= 0.3 is 0 Å². The van der Waals surface area contributed by atoms with E-state index in [1.54, 1.807) is 0 Å². The van der Waals surface area contributed by atoms with E-state index in [0.29, 0.717) is 18.3 Å². The first-order valence-corrected chi connectivity index (χ1v) is 6.52. The molecular weight excluding hydrogens is 258 g/mol. The molecule has 0 atom stereocenters.